The zero-order chi connectivity index (χ0) is 23.5. The Kier molecular flexibility index (Phi) is 10.4. The van der Waals surface area contributed by atoms with Crippen LogP contribution in [0, 0.1) is 5.92 Å². The summed E-state index contributed by atoms with van der Waals surface area (Å²) in [5.74, 6) is -0.886. The molecular weight excluding hydrogens is 414 g/mol. The summed E-state index contributed by atoms with van der Waals surface area (Å²) >= 11 is 0. The Balaban J connectivity index is 2.08. The molecule has 0 aliphatic heterocycles. The molecule has 2 rings (SSSR count). The van der Waals surface area contributed by atoms with Crippen molar-refractivity contribution in [3.63, 3.8) is 0 Å². The first-order chi connectivity index (χ1) is 15.3. The molecule has 0 radical (unpaired) electrons. The lowest BCUT2D eigenvalue weighted by atomic mass is 9.98. The Morgan fingerprint density at radius 2 is 1.75 bits per heavy atom. The van der Waals surface area contributed by atoms with E-state index in [-0.39, 0.29) is 31.6 Å². The van der Waals surface area contributed by atoms with Gasteiger partial charge in [-0.25, -0.2) is 4.79 Å². The molecule has 32 heavy (non-hydrogen) atoms. The molecule has 1 unspecified atom stereocenters. The van der Waals surface area contributed by atoms with Crippen molar-refractivity contribution in [1.82, 2.24) is 16.0 Å². The first-order valence-electron chi connectivity index (χ1n) is 11.0. The van der Waals surface area contributed by atoms with Crippen molar-refractivity contribution >= 4 is 17.9 Å². The molecule has 1 saturated carbocycles. The van der Waals surface area contributed by atoms with Crippen LogP contribution < -0.4 is 16.0 Å². The van der Waals surface area contributed by atoms with E-state index in [0.29, 0.717) is 6.42 Å². The van der Waals surface area contributed by atoms with Gasteiger partial charge in [0.25, 0.3) is 5.91 Å². The van der Waals surface area contributed by atoms with E-state index in [2.05, 4.69) is 16.0 Å². The lowest BCUT2D eigenvalue weighted by molar-refractivity contribution is -0.132. The van der Waals surface area contributed by atoms with Gasteiger partial charge < -0.3 is 30.5 Å². The SMILES string of the molecule is COCCOC(=O)N[C@@H](CC(C)C)C(=O)N[C@@H](Cc1ccccc1)C(O)C(=O)NC1CC1. The van der Waals surface area contributed by atoms with Crippen LogP contribution in [-0.2, 0) is 25.5 Å². The van der Waals surface area contributed by atoms with Crippen molar-refractivity contribution in [2.45, 2.75) is 63.8 Å². The molecule has 178 valence electrons. The summed E-state index contributed by atoms with van der Waals surface area (Å²) in [6.07, 6.45) is 0.258. The second-order valence-corrected chi connectivity index (χ2v) is 8.49. The van der Waals surface area contributed by atoms with Gasteiger partial charge in [0.05, 0.1) is 12.6 Å². The van der Waals surface area contributed by atoms with E-state index in [4.69, 9.17) is 9.47 Å². The maximum atomic E-state index is 13.1. The normalized spacial score (nSPS) is 16.0. The van der Waals surface area contributed by atoms with Crippen LogP contribution >= 0.6 is 0 Å². The molecule has 0 heterocycles. The highest BCUT2D eigenvalue weighted by atomic mass is 16.6. The first-order valence-corrected chi connectivity index (χ1v) is 11.0. The summed E-state index contributed by atoms with van der Waals surface area (Å²) in [6.45, 7) is 4.17. The van der Waals surface area contributed by atoms with Gasteiger partial charge in [-0.05, 0) is 37.2 Å². The van der Waals surface area contributed by atoms with E-state index >= 15 is 0 Å². The molecule has 9 heteroatoms. The molecule has 3 atom stereocenters. The van der Waals surface area contributed by atoms with Crippen LogP contribution in [0.2, 0.25) is 0 Å². The number of carbonyl (C=O) groups is 3. The standard InChI is InChI=1S/C23H35N3O6/c1-15(2)13-19(26-23(30)32-12-11-31-3)21(28)25-18(14-16-7-5-4-6-8-16)20(27)22(29)24-17-9-10-17/h4-8,15,17-20,27H,9-14H2,1-3H3,(H,24,29)(H,25,28)(H,26,30)/t18-,19-,20?/m0/s1. The highest BCUT2D eigenvalue weighted by Crippen LogP contribution is 2.19. The van der Waals surface area contributed by atoms with E-state index < -0.39 is 36.1 Å². The van der Waals surface area contributed by atoms with Crippen LogP contribution in [0.5, 0.6) is 0 Å². The van der Waals surface area contributed by atoms with Crippen LogP contribution in [0.4, 0.5) is 4.79 Å². The number of amides is 3. The van der Waals surface area contributed by atoms with E-state index in [1.807, 2.05) is 44.2 Å². The Labute approximate surface area is 189 Å². The largest absolute Gasteiger partial charge is 0.447 e. The molecule has 1 aliphatic rings. The van der Waals surface area contributed by atoms with Crippen molar-refractivity contribution in [3.8, 4) is 0 Å². The number of aliphatic hydroxyl groups is 1. The maximum absolute atomic E-state index is 13.1. The third-order valence-electron chi connectivity index (χ3n) is 5.04. The van der Waals surface area contributed by atoms with Crippen LogP contribution in [-0.4, -0.2) is 67.6 Å². The second-order valence-electron chi connectivity index (χ2n) is 8.49. The van der Waals surface area contributed by atoms with Gasteiger partial charge in [-0.2, -0.15) is 0 Å². The van der Waals surface area contributed by atoms with Crippen LogP contribution in [0.3, 0.4) is 0 Å². The van der Waals surface area contributed by atoms with E-state index in [9.17, 15) is 19.5 Å². The summed E-state index contributed by atoms with van der Waals surface area (Å²) in [7, 11) is 1.49. The number of alkyl carbamates (subject to hydrolysis) is 1. The molecule has 1 fully saturated rings. The number of aliphatic hydroxyl groups excluding tert-OH is 1. The molecule has 1 aromatic carbocycles. The smallest absolute Gasteiger partial charge is 0.407 e. The highest BCUT2D eigenvalue weighted by molar-refractivity contribution is 5.87. The third kappa shape index (κ3) is 9.23. The van der Waals surface area contributed by atoms with Crippen LogP contribution in [0.1, 0.15) is 38.7 Å². The lowest BCUT2D eigenvalue weighted by Crippen LogP contribution is -2.56. The van der Waals surface area contributed by atoms with Gasteiger partial charge in [0.2, 0.25) is 5.91 Å². The average molecular weight is 450 g/mol. The molecule has 3 amide bonds. The Bertz CT molecular complexity index is 739. The van der Waals surface area contributed by atoms with Crippen molar-refractivity contribution in [1.29, 1.82) is 0 Å². The molecule has 1 aliphatic carbocycles. The summed E-state index contributed by atoms with van der Waals surface area (Å²) in [6, 6.07) is 7.65. The monoisotopic (exact) mass is 449 g/mol. The zero-order valence-electron chi connectivity index (χ0n) is 19.0. The summed E-state index contributed by atoms with van der Waals surface area (Å²) < 4.78 is 9.86. The Morgan fingerprint density at radius 3 is 2.34 bits per heavy atom. The van der Waals surface area contributed by atoms with Crippen molar-refractivity contribution in [3.05, 3.63) is 35.9 Å². The number of ether oxygens (including phenoxy) is 2. The highest BCUT2D eigenvalue weighted by Gasteiger charge is 2.33. The molecule has 0 saturated heterocycles. The fourth-order valence-corrected chi connectivity index (χ4v) is 3.19. The lowest BCUT2D eigenvalue weighted by Gasteiger charge is -2.27. The number of methoxy groups -OCH3 is 1. The minimum absolute atomic E-state index is 0.0645. The van der Waals surface area contributed by atoms with Crippen LogP contribution in [0.25, 0.3) is 0 Å². The summed E-state index contributed by atoms with van der Waals surface area (Å²) in [5, 5.41) is 18.8. The maximum Gasteiger partial charge on any atom is 0.407 e. The minimum atomic E-state index is -1.42. The van der Waals surface area contributed by atoms with Gasteiger partial charge in [-0.15, -0.1) is 0 Å². The predicted octanol–water partition coefficient (Wildman–Crippen LogP) is 1.14. The van der Waals surface area contributed by atoms with E-state index in [1.165, 1.54) is 7.11 Å². The molecule has 4 N–H and O–H groups in total. The molecule has 0 spiro atoms. The van der Waals surface area contributed by atoms with Gasteiger partial charge in [-0.3, -0.25) is 9.59 Å². The second kappa shape index (κ2) is 13.0. The fraction of sp³-hybridized carbons (Fsp3) is 0.609. The third-order valence-corrected chi connectivity index (χ3v) is 5.04. The number of benzene rings is 1. The number of nitrogens with one attached hydrogen (secondary N) is 3. The molecular formula is C23H35N3O6. The number of hydrogen-bond acceptors (Lipinski definition) is 6. The van der Waals surface area contributed by atoms with Crippen LogP contribution in [0.15, 0.2) is 30.3 Å². The number of hydrogen-bond donors (Lipinski definition) is 4. The first kappa shape index (κ1) is 25.6. The number of carbonyl (C=O) groups excluding carboxylic acids is 3. The predicted molar refractivity (Wildman–Crippen MR) is 119 cm³/mol. The van der Waals surface area contributed by atoms with Gasteiger partial charge in [0, 0.05) is 13.2 Å². The van der Waals surface area contributed by atoms with Gasteiger partial charge in [-0.1, -0.05) is 44.2 Å². The van der Waals surface area contributed by atoms with Crippen molar-refractivity contribution in [2.75, 3.05) is 20.3 Å². The quantitative estimate of drug-likeness (QED) is 0.335. The Morgan fingerprint density at radius 1 is 1.06 bits per heavy atom. The van der Waals surface area contributed by atoms with E-state index in [1.54, 1.807) is 0 Å². The number of rotatable bonds is 13. The topological polar surface area (TPSA) is 126 Å². The van der Waals surface area contributed by atoms with Gasteiger partial charge in [0.1, 0.15) is 12.6 Å². The van der Waals surface area contributed by atoms with E-state index in [0.717, 1.165) is 18.4 Å². The van der Waals surface area contributed by atoms with Crippen molar-refractivity contribution in [2.24, 2.45) is 5.92 Å². The summed E-state index contributed by atoms with van der Waals surface area (Å²) in [5.41, 5.74) is 0.864. The summed E-state index contributed by atoms with van der Waals surface area (Å²) in [4.78, 5) is 37.6. The molecule has 1 aromatic rings. The average Bonchev–Trinajstić information content (AvgIpc) is 3.56. The van der Waals surface area contributed by atoms with Gasteiger partial charge >= 0.3 is 6.09 Å². The molecule has 0 bridgehead atoms. The molecule has 0 aromatic heterocycles. The zero-order valence-corrected chi connectivity index (χ0v) is 19.0. The Hall–Kier alpha value is -2.65. The van der Waals surface area contributed by atoms with Gasteiger partial charge in [0.15, 0.2) is 6.10 Å². The van der Waals surface area contributed by atoms with Crippen molar-refractivity contribution < 1.29 is 29.0 Å². The molecule has 9 nitrogen and oxygen atoms in total. The fourth-order valence-electron chi connectivity index (χ4n) is 3.19. The minimum Gasteiger partial charge on any atom is -0.447 e.